The van der Waals surface area contributed by atoms with E-state index in [1.165, 1.54) is 18.2 Å². The van der Waals surface area contributed by atoms with Gasteiger partial charge in [0.1, 0.15) is 85.8 Å². The lowest BCUT2D eigenvalue weighted by atomic mass is 9.98. The van der Waals surface area contributed by atoms with Gasteiger partial charge in [-0.05, 0) is 35.9 Å². The van der Waals surface area contributed by atoms with Crippen LogP contribution in [-0.4, -0.2) is 176 Å². The zero-order valence-corrected chi connectivity index (χ0v) is 34.6. The van der Waals surface area contributed by atoms with Gasteiger partial charge in [0, 0.05) is 18.2 Å². The number of aliphatic hydroxyl groups is 6. The summed E-state index contributed by atoms with van der Waals surface area (Å²) in [5.41, 5.74) is 0.00608. The maximum atomic E-state index is 12.6. The monoisotopic (exact) mass is 963 g/mol. The number of phenolic OH excluding ortho intramolecular Hbond substituents is 6. The molecular formula is C42H43O26+. The number of carbonyl (C=O) groups excluding carboxylic acids is 3. The Labute approximate surface area is 380 Å². The summed E-state index contributed by atoms with van der Waals surface area (Å²) in [6.07, 6.45) is -20.2. The van der Waals surface area contributed by atoms with Crippen LogP contribution < -0.4 is 4.74 Å². The molecule has 2 saturated heterocycles. The van der Waals surface area contributed by atoms with Gasteiger partial charge in [-0.25, -0.2) is 4.79 Å². The first-order valence-electron chi connectivity index (χ1n) is 19.8. The van der Waals surface area contributed by atoms with Crippen LogP contribution in [-0.2, 0) is 52.4 Å². The van der Waals surface area contributed by atoms with Crippen LogP contribution >= 0.6 is 0 Å². The highest BCUT2D eigenvalue weighted by atomic mass is 16.7. The number of carboxylic acids is 2. The van der Waals surface area contributed by atoms with Crippen molar-refractivity contribution in [1.82, 2.24) is 0 Å². The van der Waals surface area contributed by atoms with Crippen molar-refractivity contribution in [3.05, 3.63) is 71.0 Å². The molecule has 6 rings (SSSR count). The summed E-state index contributed by atoms with van der Waals surface area (Å²) in [7, 11) is 0. The van der Waals surface area contributed by atoms with Gasteiger partial charge in [0.2, 0.25) is 12.6 Å². The highest BCUT2D eigenvalue weighted by Crippen LogP contribution is 2.48. The first-order chi connectivity index (χ1) is 32.1. The number of rotatable bonds is 16. The Morgan fingerprint density at radius 1 is 0.647 bits per heavy atom. The van der Waals surface area contributed by atoms with Crippen molar-refractivity contribution in [2.24, 2.45) is 0 Å². The van der Waals surface area contributed by atoms with E-state index in [-0.39, 0.29) is 28.2 Å². The number of carbonyl (C=O) groups is 5. The molecule has 0 bridgehead atoms. The third kappa shape index (κ3) is 11.7. The molecule has 0 amide bonds. The molecule has 14 N–H and O–H groups in total. The van der Waals surface area contributed by atoms with Crippen molar-refractivity contribution in [2.75, 3.05) is 13.2 Å². The number of aliphatic hydroxyl groups excluding tert-OH is 5. The van der Waals surface area contributed by atoms with Gasteiger partial charge in [-0.1, -0.05) is 6.07 Å². The summed E-state index contributed by atoms with van der Waals surface area (Å²) >= 11 is 0. The SMILES string of the molecule is O=C(O)CC(=O)OCC1OC(Oc2cc(O)cc3c2C=C(OC2OC(COC(=O)C=Cc4ccc(O)c(O)c4)C(O)C(O)C2O)C(c2cc(O)c(O)c(O)c2)[OH+]3)C(O)C(O)C1OC(=O)CC(=O)O. The van der Waals surface area contributed by atoms with Gasteiger partial charge in [-0.3, -0.25) is 19.2 Å². The summed E-state index contributed by atoms with van der Waals surface area (Å²) in [5.74, 6) is -12.0. The third-order valence-electron chi connectivity index (χ3n) is 10.2. The number of carboxylic acid groups (broad SMARTS) is 2. The smallest absolute Gasteiger partial charge is 0.330 e. The molecule has 0 spiro atoms. The lowest BCUT2D eigenvalue weighted by Gasteiger charge is -2.42. The quantitative estimate of drug-likeness (QED) is 0.0195. The molecule has 2 fully saturated rings. The molecule has 0 aliphatic carbocycles. The van der Waals surface area contributed by atoms with Gasteiger partial charge < -0.3 is 104 Å². The predicted molar refractivity (Wildman–Crippen MR) is 216 cm³/mol. The van der Waals surface area contributed by atoms with E-state index in [4.69, 9.17) is 43.4 Å². The molecule has 11 unspecified atom stereocenters. The summed E-state index contributed by atoms with van der Waals surface area (Å²) in [6, 6.07) is 7.61. The van der Waals surface area contributed by atoms with Gasteiger partial charge in [0.15, 0.2) is 40.6 Å². The van der Waals surface area contributed by atoms with Crippen LogP contribution in [0.2, 0.25) is 0 Å². The van der Waals surface area contributed by atoms with Gasteiger partial charge in [0.25, 0.3) is 11.9 Å². The van der Waals surface area contributed by atoms with Crippen LogP contribution in [0.5, 0.6) is 46.0 Å². The molecule has 3 aliphatic rings. The van der Waals surface area contributed by atoms with E-state index >= 15 is 0 Å². The molecular weight excluding hydrogens is 920 g/mol. The minimum absolute atomic E-state index is 0.122. The maximum Gasteiger partial charge on any atom is 0.330 e. The summed E-state index contributed by atoms with van der Waals surface area (Å²) < 4.78 is 42.9. The van der Waals surface area contributed by atoms with Crippen LogP contribution in [0.15, 0.2) is 54.3 Å². The van der Waals surface area contributed by atoms with Crippen LogP contribution in [0.1, 0.15) is 35.6 Å². The maximum absolute atomic E-state index is 12.6. The Morgan fingerprint density at radius 2 is 1.26 bits per heavy atom. The van der Waals surface area contributed by atoms with E-state index in [0.29, 0.717) is 0 Å². The lowest BCUT2D eigenvalue weighted by Crippen LogP contribution is -2.61. The Bertz CT molecular complexity index is 2440. The fourth-order valence-corrected chi connectivity index (χ4v) is 6.87. The fraction of sp³-hybridized carbons (Fsp3) is 0.357. The minimum atomic E-state index is -2.18. The lowest BCUT2D eigenvalue weighted by molar-refractivity contribution is -0.296. The zero-order chi connectivity index (χ0) is 49.7. The van der Waals surface area contributed by atoms with E-state index in [0.717, 1.165) is 42.5 Å². The number of phenols is 6. The van der Waals surface area contributed by atoms with Crippen molar-refractivity contribution >= 4 is 42.0 Å². The molecule has 3 aromatic rings. The van der Waals surface area contributed by atoms with Crippen molar-refractivity contribution in [3.63, 3.8) is 0 Å². The highest BCUT2D eigenvalue weighted by molar-refractivity contribution is 5.91. The average Bonchev–Trinajstić information content (AvgIpc) is 3.26. The molecule has 3 aliphatic heterocycles. The standard InChI is InChI=1S/C42H42O26/c43-17-8-23-18(24(9-17)64-42-38(60)36(58)40(68-32(54)12-29(50)51)27(67-42)14-62-31(53)11-28(48)49)10-25(39(63-23)16-6-21(46)33(55)22(47)7-16)65-41-37(59)35(57)34(56)26(66-41)13-61-30(52)4-2-15-1-3-19(44)20(45)5-15/h1-10,26-27,34-47,55-60H,11-14H2,(H,48,49)(H,50,51)/p+1. The molecule has 68 heavy (non-hydrogen) atoms. The Balaban J connectivity index is 1.30. The van der Waals surface area contributed by atoms with Gasteiger partial charge in [-0.2, -0.15) is 0 Å². The molecule has 0 saturated carbocycles. The second kappa shape index (κ2) is 20.9. The summed E-state index contributed by atoms with van der Waals surface area (Å²) in [4.78, 5) is 59.1. The van der Waals surface area contributed by atoms with E-state index in [9.17, 15) is 80.1 Å². The number of ether oxygens (including phenoxy) is 8. The fourth-order valence-electron chi connectivity index (χ4n) is 6.87. The number of aromatic hydroxyl groups is 7. The molecule has 11 atom stereocenters. The molecule has 3 heterocycles. The van der Waals surface area contributed by atoms with Gasteiger partial charge in [0.05, 0.1) is 11.6 Å². The topological polar surface area (TPSA) is 426 Å². The van der Waals surface area contributed by atoms with Gasteiger partial charge in [-0.15, -0.1) is 0 Å². The first-order valence-corrected chi connectivity index (χ1v) is 19.8. The minimum Gasteiger partial charge on any atom is -0.571 e. The second-order valence-electron chi connectivity index (χ2n) is 15.1. The first kappa shape index (κ1) is 49.8. The van der Waals surface area contributed by atoms with Crippen LogP contribution in [0.3, 0.4) is 0 Å². The Kier molecular flexibility index (Phi) is 15.3. The number of esters is 3. The Morgan fingerprint density at radius 3 is 1.93 bits per heavy atom. The summed E-state index contributed by atoms with van der Waals surface area (Å²) in [6.45, 7) is -1.71. The summed E-state index contributed by atoms with van der Waals surface area (Å²) in [5, 5.41) is 134. The Hall–Kier alpha value is -7.59. The van der Waals surface area contributed by atoms with Gasteiger partial charge >= 0.3 is 29.8 Å². The number of fused-ring (bicyclic) bond motifs is 1. The van der Waals surface area contributed by atoms with Crippen LogP contribution in [0.25, 0.3) is 12.2 Å². The number of hydrogen-bond acceptors (Lipinski definition) is 23. The molecule has 0 aromatic heterocycles. The van der Waals surface area contributed by atoms with E-state index in [2.05, 4.69) is 4.74 Å². The normalized spacial score (nSPS) is 26.6. The van der Waals surface area contributed by atoms with Crippen LogP contribution in [0.4, 0.5) is 0 Å². The van der Waals surface area contributed by atoms with E-state index in [1.807, 2.05) is 0 Å². The molecule has 366 valence electrons. The van der Waals surface area contributed by atoms with Crippen molar-refractivity contribution in [1.29, 1.82) is 0 Å². The van der Waals surface area contributed by atoms with E-state index in [1.54, 1.807) is 0 Å². The largest absolute Gasteiger partial charge is 0.571 e. The number of benzene rings is 3. The molecule has 0 radical (unpaired) electrons. The van der Waals surface area contributed by atoms with Crippen molar-refractivity contribution < 1.29 is 128 Å². The van der Waals surface area contributed by atoms with Crippen molar-refractivity contribution in [2.45, 2.75) is 80.4 Å². The van der Waals surface area contributed by atoms with Crippen molar-refractivity contribution in [3.8, 4) is 46.0 Å². The zero-order valence-electron chi connectivity index (χ0n) is 34.6. The van der Waals surface area contributed by atoms with Crippen LogP contribution in [0, 0.1) is 0 Å². The molecule has 26 heteroatoms. The number of hydrogen-bond donors (Lipinski definition) is 13. The highest BCUT2D eigenvalue weighted by Gasteiger charge is 2.50. The number of aliphatic carboxylic acids is 2. The third-order valence-corrected chi connectivity index (χ3v) is 10.2. The van der Waals surface area contributed by atoms with E-state index < -0.39 is 164 Å². The molecule has 26 nitrogen and oxygen atoms in total. The molecule has 3 aromatic carbocycles. The average molecular weight is 964 g/mol. The predicted octanol–water partition coefficient (Wildman–Crippen LogP) is -1.43. The second-order valence-corrected chi connectivity index (χ2v) is 15.1.